The molecule has 0 bridgehead atoms. The Morgan fingerprint density at radius 2 is 2.38 bits per heavy atom. The van der Waals surface area contributed by atoms with Crippen molar-refractivity contribution in [1.82, 2.24) is 4.90 Å². The van der Waals surface area contributed by atoms with Crippen LogP contribution in [0.25, 0.3) is 0 Å². The second-order valence-corrected chi connectivity index (χ2v) is 3.56. The Balaban J connectivity index is 2.46. The molecular weight excluding hydrogens is 208 g/mol. The van der Waals surface area contributed by atoms with Gasteiger partial charge in [-0.3, -0.25) is 4.90 Å². The minimum Gasteiger partial charge on any atom is -0.468 e. The van der Waals surface area contributed by atoms with Crippen LogP contribution in [-0.2, 0) is 6.54 Å². The Hall–Kier alpha value is -1.35. The van der Waals surface area contributed by atoms with Gasteiger partial charge in [-0.25, -0.2) is 0 Å². The lowest BCUT2D eigenvalue weighted by Gasteiger charge is -2.22. The van der Waals surface area contributed by atoms with Gasteiger partial charge in [-0.15, -0.1) is 0 Å². The summed E-state index contributed by atoms with van der Waals surface area (Å²) in [4.78, 5) is 1.88. The second kappa shape index (κ2) is 7.01. The van der Waals surface area contributed by atoms with Crippen LogP contribution in [0, 0.1) is 11.3 Å². The predicted octanol–water partition coefficient (Wildman–Crippen LogP) is 0.348. The van der Waals surface area contributed by atoms with Gasteiger partial charge in [0.1, 0.15) is 5.76 Å². The average molecular weight is 224 g/mol. The van der Waals surface area contributed by atoms with Gasteiger partial charge < -0.3 is 14.6 Å². The molecule has 1 heterocycles. The Kier molecular flexibility index (Phi) is 5.57. The van der Waals surface area contributed by atoms with Gasteiger partial charge in [-0.1, -0.05) is 0 Å². The van der Waals surface area contributed by atoms with Crippen molar-refractivity contribution in [2.24, 2.45) is 0 Å². The number of nitrogens with zero attached hydrogens (tertiary/aromatic N) is 2. The third-order valence-corrected chi connectivity index (χ3v) is 2.18. The summed E-state index contributed by atoms with van der Waals surface area (Å²) in [5.41, 5.74) is 0. The normalized spacial score (nSPS) is 12.6. The smallest absolute Gasteiger partial charge is 0.117 e. The van der Waals surface area contributed by atoms with Crippen LogP contribution in [0.3, 0.4) is 0 Å². The molecule has 0 aliphatic rings. The summed E-state index contributed by atoms with van der Waals surface area (Å²) in [7, 11) is 0. The molecule has 1 atom stereocenters. The highest BCUT2D eigenvalue weighted by molar-refractivity contribution is 4.98. The fourth-order valence-corrected chi connectivity index (χ4v) is 1.42. The van der Waals surface area contributed by atoms with Gasteiger partial charge in [-0.05, 0) is 12.1 Å². The number of furan rings is 1. The van der Waals surface area contributed by atoms with Crippen molar-refractivity contribution in [3.8, 4) is 6.07 Å². The van der Waals surface area contributed by atoms with Gasteiger partial charge in [0.2, 0.25) is 0 Å². The fourth-order valence-electron chi connectivity index (χ4n) is 1.42. The molecule has 5 nitrogen and oxygen atoms in total. The Morgan fingerprint density at radius 1 is 1.56 bits per heavy atom. The van der Waals surface area contributed by atoms with Crippen LogP contribution in [0.1, 0.15) is 12.2 Å². The summed E-state index contributed by atoms with van der Waals surface area (Å²) in [5, 5.41) is 26.6. The Bertz CT molecular complexity index is 318. The van der Waals surface area contributed by atoms with Gasteiger partial charge in [-0.2, -0.15) is 5.26 Å². The molecule has 2 N–H and O–H groups in total. The van der Waals surface area contributed by atoms with Gasteiger partial charge in [0.25, 0.3) is 0 Å². The zero-order chi connectivity index (χ0) is 11.8. The monoisotopic (exact) mass is 224 g/mol. The quantitative estimate of drug-likeness (QED) is 0.698. The van der Waals surface area contributed by atoms with Crippen LogP contribution in [0.2, 0.25) is 0 Å². The van der Waals surface area contributed by atoms with Crippen molar-refractivity contribution >= 4 is 0 Å². The van der Waals surface area contributed by atoms with E-state index in [2.05, 4.69) is 6.07 Å². The number of hydrogen-bond donors (Lipinski definition) is 2. The van der Waals surface area contributed by atoms with E-state index < -0.39 is 6.10 Å². The molecule has 1 rings (SSSR count). The van der Waals surface area contributed by atoms with E-state index in [1.54, 1.807) is 12.3 Å². The first-order valence-electron chi connectivity index (χ1n) is 5.17. The standard InChI is InChI=1S/C11H16N2O3/c12-4-2-5-13(7-10(15)9-14)8-11-3-1-6-16-11/h1,3,6,10,14-15H,2,5,7-9H2. The molecular formula is C11H16N2O3. The van der Waals surface area contributed by atoms with Crippen LogP contribution in [-0.4, -0.2) is 40.9 Å². The molecule has 1 aromatic rings. The number of nitriles is 1. The molecule has 0 saturated carbocycles. The topological polar surface area (TPSA) is 80.6 Å². The predicted molar refractivity (Wildman–Crippen MR) is 57.3 cm³/mol. The van der Waals surface area contributed by atoms with Gasteiger partial charge in [0.15, 0.2) is 0 Å². The van der Waals surface area contributed by atoms with E-state index in [-0.39, 0.29) is 6.61 Å². The van der Waals surface area contributed by atoms with Gasteiger partial charge >= 0.3 is 0 Å². The summed E-state index contributed by atoms with van der Waals surface area (Å²) in [6.07, 6.45) is 1.19. The van der Waals surface area contributed by atoms with E-state index in [1.807, 2.05) is 11.0 Å². The van der Waals surface area contributed by atoms with Crippen LogP contribution < -0.4 is 0 Å². The molecule has 0 aromatic carbocycles. The average Bonchev–Trinajstić information content (AvgIpc) is 2.78. The molecule has 1 aromatic heterocycles. The fraction of sp³-hybridized carbons (Fsp3) is 0.545. The van der Waals surface area contributed by atoms with Crippen molar-refractivity contribution in [2.45, 2.75) is 19.1 Å². The number of hydrogen-bond acceptors (Lipinski definition) is 5. The zero-order valence-electron chi connectivity index (χ0n) is 9.04. The van der Waals surface area contributed by atoms with Crippen molar-refractivity contribution in [3.05, 3.63) is 24.2 Å². The molecule has 88 valence electrons. The summed E-state index contributed by atoms with van der Waals surface area (Å²) in [5.74, 6) is 0.781. The van der Waals surface area contributed by atoms with Gasteiger partial charge in [0, 0.05) is 19.5 Å². The molecule has 0 saturated heterocycles. The summed E-state index contributed by atoms with van der Waals surface area (Å²) >= 11 is 0. The van der Waals surface area contributed by atoms with Gasteiger partial charge in [0.05, 0.1) is 31.6 Å². The number of rotatable bonds is 7. The van der Waals surface area contributed by atoms with E-state index in [0.717, 1.165) is 5.76 Å². The summed E-state index contributed by atoms with van der Waals surface area (Å²) in [6.45, 7) is 1.14. The first kappa shape index (κ1) is 12.7. The van der Waals surface area contributed by atoms with Crippen LogP contribution >= 0.6 is 0 Å². The highest BCUT2D eigenvalue weighted by Gasteiger charge is 2.12. The van der Waals surface area contributed by atoms with Crippen molar-refractivity contribution in [2.75, 3.05) is 19.7 Å². The lowest BCUT2D eigenvalue weighted by atomic mass is 10.3. The third kappa shape index (κ3) is 4.45. The lowest BCUT2D eigenvalue weighted by molar-refractivity contribution is 0.0554. The van der Waals surface area contributed by atoms with Crippen LogP contribution in [0.5, 0.6) is 0 Å². The molecule has 16 heavy (non-hydrogen) atoms. The molecule has 0 aliphatic heterocycles. The largest absolute Gasteiger partial charge is 0.468 e. The summed E-state index contributed by atoms with van der Waals surface area (Å²) in [6, 6.07) is 5.68. The van der Waals surface area contributed by atoms with Crippen LogP contribution in [0.15, 0.2) is 22.8 Å². The SMILES string of the molecule is N#CCCN(Cc1ccco1)CC(O)CO. The van der Waals surface area contributed by atoms with E-state index in [0.29, 0.717) is 26.1 Å². The van der Waals surface area contributed by atoms with E-state index in [1.165, 1.54) is 0 Å². The molecule has 0 amide bonds. The molecule has 0 fully saturated rings. The number of aliphatic hydroxyl groups excluding tert-OH is 2. The number of aliphatic hydroxyl groups is 2. The zero-order valence-corrected chi connectivity index (χ0v) is 9.04. The third-order valence-electron chi connectivity index (χ3n) is 2.18. The second-order valence-electron chi connectivity index (χ2n) is 3.56. The maximum Gasteiger partial charge on any atom is 0.117 e. The highest BCUT2D eigenvalue weighted by Crippen LogP contribution is 2.06. The van der Waals surface area contributed by atoms with Crippen molar-refractivity contribution in [3.63, 3.8) is 0 Å². The first-order chi connectivity index (χ1) is 7.76. The molecule has 0 aliphatic carbocycles. The lowest BCUT2D eigenvalue weighted by Crippen LogP contribution is -2.34. The molecule has 1 unspecified atom stereocenters. The van der Waals surface area contributed by atoms with E-state index >= 15 is 0 Å². The molecule has 5 heteroatoms. The minimum atomic E-state index is -0.784. The van der Waals surface area contributed by atoms with Crippen molar-refractivity contribution < 1.29 is 14.6 Å². The maximum atomic E-state index is 9.35. The maximum absolute atomic E-state index is 9.35. The first-order valence-corrected chi connectivity index (χ1v) is 5.17. The minimum absolute atomic E-state index is 0.277. The Morgan fingerprint density at radius 3 is 2.94 bits per heavy atom. The van der Waals surface area contributed by atoms with E-state index in [4.69, 9.17) is 14.8 Å². The molecule has 0 spiro atoms. The van der Waals surface area contributed by atoms with Crippen LogP contribution in [0.4, 0.5) is 0 Å². The van der Waals surface area contributed by atoms with Crippen molar-refractivity contribution in [1.29, 1.82) is 5.26 Å². The van der Waals surface area contributed by atoms with E-state index in [9.17, 15) is 5.11 Å². The summed E-state index contributed by atoms with van der Waals surface area (Å²) < 4.78 is 5.19. The highest BCUT2D eigenvalue weighted by atomic mass is 16.3. The Labute approximate surface area is 94.5 Å². The molecule has 0 radical (unpaired) electrons.